The molecule has 3 nitrogen and oxygen atoms in total. The van der Waals surface area contributed by atoms with Crippen LogP contribution >= 0.6 is 0 Å². The zero-order chi connectivity index (χ0) is 13.9. The molecule has 2 atom stereocenters. The second kappa shape index (κ2) is 5.81. The summed E-state index contributed by atoms with van der Waals surface area (Å²) in [6.07, 6.45) is 3.18. The number of methoxy groups -OCH3 is 1. The number of aliphatic hydroxyl groups excluding tert-OH is 1. The van der Waals surface area contributed by atoms with Gasteiger partial charge in [0, 0.05) is 0 Å². The van der Waals surface area contributed by atoms with Gasteiger partial charge in [-0.1, -0.05) is 24.3 Å². The van der Waals surface area contributed by atoms with Crippen molar-refractivity contribution in [3.8, 4) is 5.75 Å². The van der Waals surface area contributed by atoms with E-state index in [1.165, 1.54) is 16.3 Å². The molecule has 1 aliphatic rings. The molecule has 1 N–H and O–H groups in total. The third kappa shape index (κ3) is 2.79. The zero-order valence-electron chi connectivity index (χ0n) is 11.7. The SMILES string of the molecule is COc1ccc2cc(C[C@@H]3CC[C@@H](CO)O3)ccc2c1. The molecule has 2 aromatic rings. The number of benzene rings is 2. The Bertz CT molecular complexity index is 594. The highest BCUT2D eigenvalue weighted by Gasteiger charge is 2.24. The van der Waals surface area contributed by atoms with Gasteiger partial charge in [-0.25, -0.2) is 0 Å². The molecule has 1 aliphatic heterocycles. The molecule has 3 heteroatoms. The van der Waals surface area contributed by atoms with E-state index in [0.29, 0.717) is 0 Å². The molecule has 0 aliphatic carbocycles. The lowest BCUT2D eigenvalue weighted by Gasteiger charge is -2.12. The van der Waals surface area contributed by atoms with Crippen LogP contribution in [0.15, 0.2) is 36.4 Å². The van der Waals surface area contributed by atoms with E-state index in [4.69, 9.17) is 14.6 Å². The fourth-order valence-corrected chi connectivity index (χ4v) is 2.85. The normalized spacial score (nSPS) is 22.3. The lowest BCUT2D eigenvalue weighted by Crippen LogP contribution is -2.16. The Hall–Kier alpha value is -1.58. The molecule has 106 valence electrons. The number of ether oxygens (including phenoxy) is 2. The lowest BCUT2D eigenvalue weighted by atomic mass is 10.0. The van der Waals surface area contributed by atoms with E-state index >= 15 is 0 Å². The maximum atomic E-state index is 9.10. The summed E-state index contributed by atoms with van der Waals surface area (Å²) in [5.41, 5.74) is 1.28. The molecule has 1 heterocycles. The van der Waals surface area contributed by atoms with Crippen molar-refractivity contribution in [2.75, 3.05) is 13.7 Å². The van der Waals surface area contributed by atoms with E-state index in [1.54, 1.807) is 7.11 Å². The van der Waals surface area contributed by atoms with Gasteiger partial charge in [-0.05, 0) is 47.7 Å². The first-order valence-corrected chi connectivity index (χ1v) is 7.11. The van der Waals surface area contributed by atoms with Gasteiger partial charge in [-0.2, -0.15) is 0 Å². The van der Waals surface area contributed by atoms with Crippen molar-refractivity contribution in [3.63, 3.8) is 0 Å². The van der Waals surface area contributed by atoms with Crippen molar-refractivity contribution in [2.24, 2.45) is 0 Å². The molecule has 0 spiro atoms. The van der Waals surface area contributed by atoms with Crippen LogP contribution in [-0.4, -0.2) is 31.0 Å². The summed E-state index contributed by atoms with van der Waals surface area (Å²) < 4.78 is 11.0. The standard InChI is InChI=1S/C17H20O3/c1-19-15-5-4-13-8-12(2-3-14(13)10-15)9-16-6-7-17(11-18)20-16/h2-5,8,10,16-18H,6-7,9,11H2,1H3/t16-,17-/m0/s1. The van der Waals surface area contributed by atoms with Gasteiger partial charge in [-0.3, -0.25) is 0 Å². The molecule has 20 heavy (non-hydrogen) atoms. The highest BCUT2D eigenvalue weighted by Crippen LogP contribution is 2.26. The highest BCUT2D eigenvalue weighted by atomic mass is 16.5. The van der Waals surface area contributed by atoms with Crippen LogP contribution in [0.1, 0.15) is 18.4 Å². The zero-order valence-corrected chi connectivity index (χ0v) is 11.7. The van der Waals surface area contributed by atoms with Crippen LogP contribution in [0.4, 0.5) is 0 Å². The van der Waals surface area contributed by atoms with Crippen molar-refractivity contribution in [3.05, 3.63) is 42.0 Å². The Morgan fingerprint density at radius 2 is 1.85 bits per heavy atom. The van der Waals surface area contributed by atoms with Crippen LogP contribution in [0.2, 0.25) is 0 Å². The van der Waals surface area contributed by atoms with Gasteiger partial charge in [0.25, 0.3) is 0 Å². The molecule has 0 unspecified atom stereocenters. The van der Waals surface area contributed by atoms with Crippen LogP contribution in [0.3, 0.4) is 0 Å². The van der Waals surface area contributed by atoms with Crippen LogP contribution < -0.4 is 4.74 Å². The molecule has 0 bridgehead atoms. The summed E-state index contributed by atoms with van der Waals surface area (Å²) in [4.78, 5) is 0. The van der Waals surface area contributed by atoms with E-state index < -0.39 is 0 Å². The van der Waals surface area contributed by atoms with E-state index in [9.17, 15) is 0 Å². The van der Waals surface area contributed by atoms with Gasteiger partial charge < -0.3 is 14.6 Å². The van der Waals surface area contributed by atoms with Crippen molar-refractivity contribution in [1.29, 1.82) is 0 Å². The molecule has 3 rings (SSSR count). The maximum Gasteiger partial charge on any atom is 0.119 e. The Morgan fingerprint density at radius 1 is 1.10 bits per heavy atom. The van der Waals surface area contributed by atoms with E-state index in [2.05, 4.69) is 24.3 Å². The van der Waals surface area contributed by atoms with E-state index in [0.717, 1.165) is 25.0 Å². The Labute approximate surface area is 119 Å². The molecule has 1 saturated heterocycles. The molecule has 1 fully saturated rings. The smallest absolute Gasteiger partial charge is 0.119 e. The minimum absolute atomic E-state index is 0.0321. The molecule has 2 aromatic carbocycles. The fraction of sp³-hybridized carbons (Fsp3) is 0.412. The number of hydrogen-bond donors (Lipinski definition) is 1. The molecule has 0 radical (unpaired) electrons. The largest absolute Gasteiger partial charge is 0.497 e. The number of hydrogen-bond acceptors (Lipinski definition) is 3. The van der Waals surface area contributed by atoms with Crippen LogP contribution in [-0.2, 0) is 11.2 Å². The van der Waals surface area contributed by atoms with Gasteiger partial charge in [0.2, 0.25) is 0 Å². The summed E-state index contributed by atoms with van der Waals surface area (Å²) in [5.74, 6) is 0.884. The van der Waals surface area contributed by atoms with Gasteiger partial charge in [0.1, 0.15) is 5.75 Å². The molecule has 0 saturated carbocycles. The fourth-order valence-electron chi connectivity index (χ4n) is 2.85. The summed E-state index contributed by atoms with van der Waals surface area (Å²) in [6.45, 7) is 0.133. The highest BCUT2D eigenvalue weighted by molar-refractivity contribution is 5.84. The lowest BCUT2D eigenvalue weighted by molar-refractivity contribution is 0.0123. The predicted molar refractivity (Wildman–Crippen MR) is 79.2 cm³/mol. The quantitative estimate of drug-likeness (QED) is 0.930. The summed E-state index contributed by atoms with van der Waals surface area (Å²) >= 11 is 0. The van der Waals surface area contributed by atoms with Gasteiger partial charge >= 0.3 is 0 Å². The Morgan fingerprint density at radius 3 is 2.60 bits per heavy atom. The van der Waals surface area contributed by atoms with Crippen molar-refractivity contribution < 1.29 is 14.6 Å². The minimum atomic E-state index is 0.0321. The number of rotatable bonds is 4. The maximum absolute atomic E-state index is 9.10. The monoisotopic (exact) mass is 272 g/mol. The average molecular weight is 272 g/mol. The third-order valence-electron chi connectivity index (χ3n) is 3.97. The summed E-state index contributed by atoms with van der Waals surface area (Å²) in [7, 11) is 1.69. The van der Waals surface area contributed by atoms with Gasteiger partial charge in [-0.15, -0.1) is 0 Å². The molecule has 0 amide bonds. The third-order valence-corrected chi connectivity index (χ3v) is 3.97. The first kappa shape index (κ1) is 13.4. The second-order valence-corrected chi connectivity index (χ2v) is 5.39. The van der Waals surface area contributed by atoms with Crippen molar-refractivity contribution in [2.45, 2.75) is 31.5 Å². The first-order valence-electron chi connectivity index (χ1n) is 7.11. The average Bonchev–Trinajstić information content (AvgIpc) is 2.94. The second-order valence-electron chi connectivity index (χ2n) is 5.39. The number of aliphatic hydroxyl groups is 1. The van der Waals surface area contributed by atoms with Gasteiger partial charge in [0.15, 0.2) is 0 Å². The van der Waals surface area contributed by atoms with Crippen LogP contribution in [0.25, 0.3) is 10.8 Å². The molecular formula is C17H20O3. The molecule has 0 aromatic heterocycles. The van der Waals surface area contributed by atoms with E-state index in [-0.39, 0.29) is 18.8 Å². The van der Waals surface area contributed by atoms with Crippen LogP contribution in [0.5, 0.6) is 5.75 Å². The summed E-state index contributed by atoms with van der Waals surface area (Å²) in [5, 5.41) is 11.5. The minimum Gasteiger partial charge on any atom is -0.497 e. The topological polar surface area (TPSA) is 38.7 Å². The number of fused-ring (bicyclic) bond motifs is 1. The van der Waals surface area contributed by atoms with E-state index in [1.807, 2.05) is 12.1 Å². The first-order chi connectivity index (χ1) is 9.78. The van der Waals surface area contributed by atoms with Crippen LogP contribution in [0, 0.1) is 0 Å². The van der Waals surface area contributed by atoms with Crippen molar-refractivity contribution >= 4 is 10.8 Å². The Kier molecular flexibility index (Phi) is 3.90. The predicted octanol–water partition coefficient (Wildman–Crippen LogP) is 2.93. The Balaban J connectivity index is 1.76. The summed E-state index contributed by atoms with van der Waals surface area (Å²) in [6, 6.07) is 12.6. The van der Waals surface area contributed by atoms with Gasteiger partial charge in [0.05, 0.1) is 25.9 Å². The molecular weight excluding hydrogens is 252 g/mol. The van der Waals surface area contributed by atoms with Crippen molar-refractivity contribution in [1.82, 2.24) is 0 Å².